The van der Waals surface area contributed by atoms with Gasteiger partial charge < -0.3 is 24.2 Å². The van der Waals surface area contributed by atoms with E-state index >= 15 is 0 Å². The minimum Gasteiger partial charge on any atom is -0.508 e. The average Bonchev–Trinajstić information content (AvgIpc) is 3.30. The molecule has 4 aromatic rings. The van der Waals surface area contributed by atoms with E-state index in [1.165, 1.54) is 37.4 Å². The smallest absolute Gasteiger partial charge is 0.340 e. The Kier molecular flexibility index (Phi) is 13.9. The summed E-state index contributed by atoms with van der Waals surface area (Å²) in [4.78, 5) is 34.8. The Morgan fingerprint density at radius 3 is 2.50 bits per heavy atom. The van der Waals surface area contributed by atoms with Gasteiger partial charge in [-0.2, -0.15) is 5.01 Å². The highest BCUT2D eigenvalue weighted by atomic mass is 35.5. The van der Waals surface area contributed by atoms with E-state index in [9.17, 15) is 19.6 Å². The van der Waals surface area contributed by atoms with Crippen molar-refractivity contribution in [3.05, 3.63) is 80.2 Å². The van der Waals surface area contributed by atoms with Crippen LogP contribution in [-0.4, -0.2) is 66.0 Å². The zero-order valence-corrected chi connectivity index (χ0v) is 28.7. The fraction of sp³-hybridized carbons (Fsp3) is 0.471. The summed E-state index contributed by atoms with van der Waals surface area (Å²) in [6.45, 7) is 10.7. The highest BCUT2D eigenvalue weighted by Gasteiger charge is 2.33. The fourth-order valence-corrected chi connectivity index (χ4v) is 6.11. The number of hydrogen-bond acceptors (Lipinski definition) is 8. The number of hydrogen-bond donors (Lipinski definition) is 2. The maximum absolute atomic E-state index is 11.4. The first-order chi connectivity index (χ1) is 22.0. The zero-order chi connectivity index (χ0) is 33.9. The quantitative estimate of drug-likeness (QED) is 0.0886. The molecule has 2 aromatic heterocycles. The third-order valence-corrected chi connectivity index (χ3v) is 8.58. The van der Waals surface area contributed by atoms with Crippen LogP contribution in [0.3, 0.4) is 0 Å². The number of phenols is 1. The Morgan fingerprint density at radius 2 is 1.85 bits per heavy atom. The maximum Gasteiger partial charge on any atom is 0.340 e. The Balaban J connectivity index is 0.000000192. The van der Waals surface area contributed by atoms with Gasteiger partial charge in [-0.3, -0.25) is 0 Å². The van der Waals surface area contributed by atoms with Gasteiger partial charge in [-0.25, -0.2) is 9.59 Å². The second-order valence-electron chi connectivity index (χ2n) is 11.6. The molecule has 1 aliphatic rings. The molecule has 2 amide bonds. The first-order valence-electron chi connectivity index (χ1n) is 15.4. The van der Waals surface area contributed by atoms with E-state index in [1.54, 1.807) is 6.07 Å². The van der Waals surface area contributed by atoms with Crippen LogP contribution in [0.2, 0.25) is 0 Å². The number of amides is 2. The molecule has 1 saturated heterocycles. The number of aromatic hydroxyl groups is 1. The lowest BCUT2D eigenvalue weighted by Crippen LogP contribution is -2.38. The number of alkyl halides is 2. The molecule has 46 heavy (non-hydrogen) atoms. The van der Waals surface area contributed by atoms with E-state index in [1.807, 2.05) is 45.0 Å². The minimum absolute atomic E-state index is 0.0964. The lowest BCUT2D eigenvalue weighted by molar-refractivity contribution is 0.203. The van der Waals surface area contributed by atoms with Gasteiger partial charge in [0.1, 0.15) is 22.7 Å². The molecule has 5 rings (SSSR count). The van der Waals surface area contributed by atoms with Crippen molar-refractivity contribution in [2.24, 2.45) is 5.29 Å². The highest BCUT2D eigenvalue weighted by Crippen LogP contribution is 2.37. The number of likely N-dealkylation sites (tertiary alicyclic amines) is 1. The lowest BCUT2D eigenvalue weighted by Gasteiger charge is -2.35. The number of fused-ring (bicyclic) bond motifs is 2. The van der Waals surface area contributed by atoms with Crippen molar-refractivity contribution in [1.29, 1.82) is 0 Å². The van der Waals surface area contributed by atoms with E-state index in [0.717, 1.165) is 46.2 Å². The molecule has 12 heteroatoms. The molecule has 1 aliphatic heterocycles. The molecule has 0 bridgehead atoms. The van der Waals surface area contributed by atoms with Crippen molar-refractivity contribution < 1.29 is 18.7 Å². The van der Waals surface area contributed by atoms with Crippen molar-refractivity contribution in [3.8, 4) is 5.75 Å². The molecular formula is C34H44Cl2N4O6. The summed E-state index contributed by atoms with van der Waals surface area (Å²) in [5.41, 5.74) is 4.44. The summed E-state index contributed by atoms with van der Waals surface area (Å²) in [5.74, 6) is 1.71. The van der Waals surface area contributed by atoms with Crippen LogP contribution in [0.1, 0.15) is 55.1 Å². The molecule has 2 N–H and O–H groups in total. The summed E-state index contributed by atoms with van der Waals surface area (Å²) in [5, 5.41) is 17.2. The number of aryl methyl sites for hydroxylation is 3. The van der Waals surface area contributed by atoms with Crippen LogP contribution >= 0.6 is 23.2 Å². The third kappa shape index (κ3) is 9.47. The van der Waals surface area contributed by atoms with E-state index in [2.05, 4.69) is 35.5 Å². The monoisotopic (exact) mass is 674 g/mol. The van der Waals surface area contributed by atoms with Crippen LogP contribution < -0.4 is 10.9 Å². The van der Waals surface area contributed by atoms with Gasteiger partial charge in [0.25, 0.3) is 0 Å². The van der Waals surface area contributed by atoms with E-state index in [0.29, 0.717) is 28.8 Å². The number of rotatable bonds is 7. The van der Waals surface area contributed by atoms with Gasteiger partial charge in [-0.05, 0) is 89.0 Å². The minimum atomic E-state index is -0.578. The zero-order valence-electron chi connectivity index (χ0n) is 27.2. The van der Waals surface area contributed by atoms with Crippen LogP contribution in [0.4, 0.5) is 4.79 Å². The summed E-state index contributed by atoms with van der Waals surface area (Å²) < 4.78 is 10.9. The fourth-order valence-electron chi connectivity index (χ4n) is 5.86. The Labute approximate surface area is 279 Å². The first-order valence-corrected chi connectivity index (χ1v) is 16.5. The van der Waals surface area contributed by atoms with E-state index < -0.39 is 6.03 Å². The van der Waals surface area contributed by atoms with Gasteiger partial charge >= 0.3 is 11.7 Å². The van der Waals surface area contributed by atoms with E-state index in [-0.39, 0.29) is 23.5 Å². The Hall–Kier alpha value is -3.60. The molecule has 250 valence electrons. The standard InChI is InChI=1S/C15H23NO.C14H12O3.C5H9Cl2N3O2/c1-3-15(9-4-5-10-16(2)12-15)13-7-6-8-14(17)11-13;1-7-4-12(15)17-14-9(3)13-10(6-11(7)14)5-8(2)16-13;6-1-3-8-5(11)10(9-12)4-2-7/h6-8,11,17H,3-5,9-10,12H2,1-2H3;4-6H,1-3H3;1-4H2,(H,8,11). The van der Waals surface area contributed by atoms with E-state index in [4.69, 9.17) is 32.0 Å². The van der Waals surface area contributed by atoms with Gasteiger partial charge in [-0.1, -0.05) is 25.5 Å². The average molecular weight is 676 g/mol. The summed E-state index contributed by atoms with van der Waals surface area (Å²) in [6, 6.07) is 12.8. The predicted molar refractivity (Wildman–Crippen MR) is 185 cm³/mol. The number of nitrogens with one attached hydrogen (secondary N) is 1. The SMILES string of the molecule is CCC1(c2cccc(O)c2)CCCCN(C)C1.Cc1cc2cc3c(C)cc(=O)oc3c(C)c2o1.O=NN(CCCl)C(=O)NCCCl. The van der Waals surface area contributed by atoms with Gasteiger partial charge in [0.2, 0.25) is 0 Å². The van der Waals surface area contributed by atoms with Crippen LogP contribution in [0, 0.1) is 25.7 Å². The normalized spacial score (nSPS) is 16.5. The van der Waals surface area contributed by atoms with Gasteiger partial charge in [0.05, 0.1) is 11.8 Å². The molecule has 1 fully saturated rings. The number of halogens is 2. The number of carbonyl (C=O) groups is 1. The Bertz CT molecular complexity index is 1670. The predicted octanol–water partition coefficient (Wildman–Crippen LogP) is 7.78. The number of nitrogens with zero attached hydrogens (tertiary/aromatic N) is 3. The molecule has 0 radical (unpaired) electrons. The largest absolute Gasteiger partial charge is 0.508 e. The number of nitroso groups, excluding NO2 is 1. The van der Waals surface area contributed by atoms with Gasteiger partial charge in [-0.15, -0.1) is 28.1 Å². The number of urea groups is 1. The summed E-state index contributed by atoms with van der Waals surface area (Å²) in [7, 11) is 2.21. The molecule has 2 aromatic carbocycles. The second-order valence-corrected chi connectivity index (χ2v) is 12.4. The summed E-state index contributed by atoms with van der Waals surface area (Å²) in [6.07, 6.45) is 4.95. The number of phenolic OH excluding ortho intramolecular Hbond substituents is 1. The molecule has 0 aliphatic carbocycles. The molecular weight excluding hydrogens is 631 g/mol. The molecule has 0 saturated carbocycles. The van der Waals surface area contributed by atoms with Crippen LogP contribution in [-0.2, 0) is 5.41 Å². The topological polar surface area (TPSA) is 129 Å². The molecule has 10 nitrogen and oxygen atoms in total. The molecule has 1 atom stereocenters. The number of carbonyl (C=O) groups excluding carboxylic acids is 1. The molecule has 0 spiro atoms. The number of furan rings is 1. The van der Waals surface area contributed by atoms with Crippen LogP contribution in [0.25, 0.3) is 21.9 Å². The van der Waals surface area contributed by atoms with Crippen molar-refractivity contribution in [3.63, 3.8) is 0 Å². The van der Waals surface area contributed by atoms with Crippen molar-refractivity contribution >= 4 is 51.2 Å². The molecule has 3 heterocycles. The first kappa shape index (κ1) is 36.9. The van der Waals surface area contributed by atoms with Crippen molar-refractivity contribution in [2.45, 2.75) is 58.8 Å². The summed E-state index contributed by atoms with van der Waals surface area (Å²) >= 11 is 10.6. The lowest BCUT2D eigenvalue weighted by atomic mass is 9.74. The van der Waals surface area contributed by atoms with Gasteiger partial charge in [0.15, 0.2) is 0 Å². The molecule has 1 unspecified atom stereocenters. The third-order valence-electron chi connectivity index (χ3n) is 8.22. The van der Waals surface area contributed by atoms with Crippen molar-refractivity contribution in [1.82, 2.24) is 15.2 Å². The highest BCUT2D eigenvalue weighted by molar-refractivity contribution is 6.18. The number of likely N-dealkylation sites (N-methyl/N-ethyl adjacent to an activating group) is 1. The van der Waals surface area contributed by atoms with Gasteiger partial charge in [0, 0.05) is 52.7 Å². The maximum atomic E-state index is 11.4. The van der Waals surface area contributed by atoms with Crippen LogP contribution in [0.5, 0.6) is 5.75 Å². The Morgan fingerprint density at radius 1 is 1.09 bits per heavy atom. The number of benzene rings is 2. The second kappa shape index (κ2) is 17.4. The van der Waals surface area contributed by atoms with Crippen LogP contribution in [0.15, 0.2) is 61.4 Å². The van der Waals surface area contributed by atoms with Crippen molar-refractivity contribution in [2.75, 3.05) is 45.0 Å².